The number of fused-ring (bicyclic) bond motifs is 2. The number of rotatable bonds is 4. The minimum Gasteiger partial charge on any atom is -0.360 e. The van der Waals surface area contributed by atoms with Crippen molar-refractivity contribution in [3.63, 3.8) is 0 Å². The summed E-state index contributed by atoms with van der Waals surface area (Å²) >= 11 is 0. The van der Waals surface area contributed by atoms with E-state index in [-0.39, 0.29) is 5.91 Å². The normalized spacial score (nSPS) is 30.3. The van der Waals surface area contributed by atoms with Crippen LogP contribution in [0.4, 0.5) is 0 Å². The Morgan fingerprint density at radius 3 is 2.89 bits per heavy atom. The van der Waals surface area contributed by atoms with Gasteiger partial charge in [-0.15, -0.1) is 0 Å². The predicted molar refractivity (Wildman–Crippen MR) is 65.6 cm³/mol. The molecule has 0 saturated carbocycles. The average molecular weight is 249 g/mol. The first-order chi connectivity index (χ1) is 8.79. The molecule has 98 valence electrons. The Kier molecular flexibility index (Phi) is 3.32. The van der Waals surface area contributed by atoms with Crippen LogP contribution in [0.25, 0.3) is 0 Å². The van der Waals surface area contributed by atoms with Crippen molar-refractivity contribution >= 4 is 5.91 Å². The van der Waals surface area contributed by atoms with Gasteiger partial charge in [-0.1, -0.05) is 5.16 Å². The van der Waals surface area contributed by atoms with Gasteiger partial charge in [0.25, 0.3) is 0 Å². The number of amides is 1. The molecule has 1 aromatic rings. The highest BCUT2D eigenvalue weighted by atomic mass is 16.5. The lowest BCUT2D eigenvalue weighted by Crippen LogP contribution is -2.39. The lowest BCUT2D eigenvalue weighted by Gasteiger charge is -2.28. The fourth-order valence-electron chi connectivity index (χ4n) is 3.20. The third kappa shape index (κ3) is 2.72. The summed E-state index contributed by atoms with van der Waals surface area (Å²) in [5.74, 6) is 1.37. The van der Waals surface area contributed by atoms with Crippen LogP contribution in [-0.2, 0) is 11.3 Å². The van der Waals surface area contributed by atoms with Crippen LogP contribution in [0.2, 0.25) is 0 Å². The van der Waals surface area contributed by atoms with Crippen LogP contribution in [0.15, 0.2) is 16.8 Å². The van der Waals surface area contributed by atoms with Gasteiger partial charge in [0.15, 0.2) is 5.76 Å². The third-order valence-electron chi connectivity index (χ3n) is 4.00. The Labute approximate surface area is 106 Å². The Bertz CT molecular complexity index is 392. The van der Waals surface area contributed by atoms with E-state index in [2.05, 4.69) is 15.8 Å². The summed E-state index contributed by atoms with van der Waals surface area (Å²) in [6, 6.07) is 3.07. The minimum absolute atomic E-state index is 0.123. The number of aromatic nitrogens is 1. The second kappa shape index (κ2) is 5.10. The summed E-state index contributed by atoms with van der Waals surface area (Å²) in [5.41, 5.74) is 0. The zero-order valence-corrected chi connectivity index (χ0v) is 10.4. The topological polar surface area (TPSA) is 67.2 Å². The van der Waals surface area contributed by atoms with Crippen molar-refractivity contribution in [3.05, 3.63) is 18.0 Å². The molecule has 0 radical (unpaired) electrons. The molecule has 3 rings (SSSR count). The van der Waals surface area contributed by atoms with Crippen molar-refractivity contribution in [2.45, 2.75) is 50.7 Å². The molecule has 2 saturated heterocycles. The van der Waals surface area contributed by atoms with Crippen LogP contribution in [0.5, 0.6) is 0 Å². The van der Waals surface area contributed by atoms with Crippen LogP contribution in [0.3, 0.4) is 0 Å². The zero-order valence-electron chi connectivity index (χ0n) is 10.4. The van der Waals surface area contributed by atoms with E-state index in [1.165, 1.54) is 12.8 Å². The molecule has 2 atom stereocenters. The van der Waals surface area contributed by atoms with Crippen LogP contribution in [-0.4, -0.2) is 23.1 Å². The van der Waals surface area contributed by atoms with Crippen molar-refractivity contribution in [1.82, 2.24) is 15.8 Å². The van der Waals surface area contributed by atoms with Crippen LogP contribution < -0.4 is 10.6 Å². The average Bonchev–Trinajstić information content (AvgIpc) is 2.97. The highest BCUT2D eigenvalue weighted by Gasteiger charge is 2.34. The summed E-state index contributed by atoms with van der Waals surface area (Å²) < 4.78 is 4.94. The molecule has 5 nitrogen and oxygen atoms in total. The molecule has 1 amide bonds. The summed E-state index contributed by atoms with van der Waals surface area (Å²) in [6.45, 7) is 0.441. The monoisotopic (exact) mass is 249 g/mol. The first-order valence-electron chi connectivity index (χ1n) is 6.72. The van der Waals surface area contributed by atoms with Gasteiger partial charge in [0, 0.05) is 24.6 Å². The van der Waals surface area contributed by atoms with Gasteiger partial charge in [0.1, 0.15) is 0 Å². The quantitative estimate of drug-likeness (QED) is 0.841. The maximum absolute atomic E-state index is 11.8. The molecule has 3 heterocycles. The van der Waals surface area contributed by atoms with E-state index in [4.69, 9.17) is 4.52 Å². The lowest BCUT2D eigenvalue weighted by molar-refractivity contribution is -0.122. The Morgan fingerprint density at radius 2 is 2.22 bits per heavy atom. The van der Waals surface area contributed by atoms with Gasteiger partial charge in [-0.25, -0.2) is 0 Å². The largest absolute Gasteiger partial charge is 0.360 e. The SMILES string of the molecule is O=C(CC1CC2CCC(C1)N2)NCc1ccno1. The molecule has 2 aliphatic rings. The first-order valence-corrected chi connectivity index (χ1v) is 6.72. The summed E-state index contributed by atoms with van der Waals surface area (Å²) in [6.07, 6.45) is 7.08. The number of hydrogen-bond donors (Lipinski definition) is 2. The van der Waals surface area contributed by atoms with Gasteiger partial charge in [-0.3, -0.25) is 4.79 Å². The molecule has 18 heavy (non-hydrogen) atoms. The maximum Gasteiger partial charge on any atom is 0.220 e. The zero-order chi connectivity index (χ0) is 12.4. The highest BCUT2D eigenvalue weighted by Crippen LogP contribution is 2.32. The van der Waals surface area contributed by atoms with E-state index < -0.39 is 0 Å². The fraction of sp³-hybridized carbons (Fsp3) is 0.692. The van der Waals surface area contributed by atoms with E-state index in [1.807, 2.05) is 0 Å². The molecule has 0 aliphatic carbocycles. The number of nitrogens with zero attached hydrogens (tertiary/aromatic N) is 1. The lowest BCUT2D eigenvalue weighted by atomic mass is 9.89. The van der Waals surface area contributed by atoms with E-state index in [1.54, 1.807) is 12.3 Å². The number of hydrogen-bond acceptors (Lipinski definition) is 4. The standard InChI is InChI=1S/C13H19N3O2/c17-13(14-8-12-3-4-15-18-12)7-9-5-10-1-2-11(6-9)16-10/h3-4,9-11,16H,1-2,5-8H2,(H,14,17). The Balaban J connectivity index is 1.43. The molecule has 2 fully saturated rings. The smallest absolute Gasteiger partial charge is 0.220 e. The summed E-state index contributed by atoms with van der Waals surface area (Å²) in [7, 11) is 0. The number of piperidine rings is 1. The second-order valence-electron chi connectivity index (χ2n) is 5.43. The third-order valence-corrected chi connectivity index (χ3v) is 4.00. The molecule has 1 aromatic heterocycles. The van der Waals surface area contributed by atoms with Gasteiger partial charge in [0.2, 0.25) is 5.91 Å². The molecular weight excluding hydrogens is 230 g/mol. The van der Waals surface area contributed by atoms with E-state index in [0.29, 0.717) is 36.7 Å². The van der Waals surface area contributed by atoms with Crippen LogP contribution >= 0.6 is 0 Å². The maximum atomic E-state index is 11.8. The van der Waals surface area contributed by atoms with Crippen LogP contribution in [0.1, 0.15) is 37.9 Å². The Hall–Kier alpha value is -1.36. The Morgan fingerprint density at radius 1 is 1.44 bits per heavy atom. The van der Waals surface area contributed by atoms with Crippen molar-refractivity contribution in [1.29, 1.82) is 0 Å². The molecule has 5 heteroatoms. The number of carbonyl (C=O) groups is 1. The van der Waals surface area contributed by atoms with Gasteiger partial charge in [-0.05, 0) is 31.6 Å². The molecule has 2 bridgehead atoms. The number of carbonyl (C=O) groups excluding carboxylic acids is 1. The molecule has 0 spiro atoms. The summed E-state index contributed by atoms with van der Waals surface area (Å²) in [5, 5.41) is 10.1. The highest BCUT2D eigenvalue weighted by molar-refractivity contribution is 5.76. The molecule has 2 unspecified atom stereocenters. The van der Waals surface area contributed by atoms with E-state index >= 15 is 0 Å². The fourth-order valence-corrected chi connectivity index (χ4v) is 3.20. The summed E-state index contributed by atoms with van der Waals surface area (Å²) in [4.78, 5) is 11.8. The van der Waals surface area contributed by atoms with E-state index in [0.717, 1.165) is 12.8 Å². The van der Waals surface area contributed by atoms with E-state index in [9.17, 15) is 4.79 Å². The molecule has 0 aromatic carbocycles. The van der Waals surface area contributed by atoms with Crippen LogP contribution in [0, 0.1) is 5.92 Å². The van der Waals surface area contributed by atoms with Gasteiger partial charge >= 0.3 is 0 Å². The van der Waals surface area contributed by atoms with Crippen molar-refractivity contribution in [2.75, 3.05) is 0 Å². The van der Waals surface area contributed by atoms with Gasteiger partial charge in [-0.2, -0.15) is 0 Å². The minimum atomic E-state index is 0.123. The second-order valence-corrected chi connectivity index (χ2v) is 5.43. The van der Waals surface area contributed by atoms with Crippen molar-refractivity contribution < 1.29 is 9.32 Å². The number of nitrogens with one attached hydrogen (secondary N) is 2. The first kappa shape index (κ1) is 11.7. The molecule has 2 aliphatic heterocycles. The van der Waals surface area contributed by atoms with Crippen molar-refractivity contribution in [3.8, 4) is 0 Å². The molecular formula is C13H19N3O2. The molecule has 2 N–H and O–H groups in total. The predicted octanol–water partition coefficient (Wildman–Crippen LogP) is 1.21. The van der Waals surface area contributed by atoms with Gasteiger partial charge in [0.05, 0.1) is 12.7 Å². The van der Waals surface area contributed by atoms with Gasteiger partial charge < -0.3 is 15.2 Å². The van der Waals surface area contributed by atoms with Crippen molar-refractivity contribution in [2.24, 2.45) is 5.92 Å².